The number of para-hydroxylation sites is 1. The van der Waals surface area contributed by atoms with Crippen LogP contribution in [0.2, 0.25) is 0 Å². The fraction of sp³-hybridized carbons (Fsp3) is 0. The zero-order valence-electron chi connectivity index (χ0n) is 6.69. The van der Waals surface area contributed by atoms with Crippen molar-refractivity contribution in [2.45, 2.75) is 0 Å². The molecule has 0 saturated heterocycles. The Morgan fingerprint density at radius 1 is 1.23 bits per heavy atom. The van der Waals surface area contributed by atoms with Gasteiger partial charge in [-0.05, 0) is 12.1 Å². The average molecular weight is 174 g/mol. The first-order chi connectivity index (χ1) is 6.31. The number of fused-ring (bicyclic) bond motifs is 1. The number of benzene rings is 1. The van der Waals surface area contributed by atoms with Gasteiger partial charge in [-0.1, -0.05) is 18.2 Å². The standard InChI is InChI=1S/C10H6O3/c11-6-8-5-7-3-1-2-4-9(7)13-10(8)12/h1-6H. The monoisotopic (exact) mass is 174 g/mol. The minimum atomic E-state index is -0.589. The van der Waals surface area contributed by atoms with E-state index < -0.39 is 5.63 Å². The van der Waals surface area contributed by atoms with Gasteiger partial charge in [-0.25, -0.2) is 4.79 Å². The molecule has 0 spiro atoms. The Morgan fingerprint density at radius 2 is 2.00 bits per heavy atom. The van der Waals surface area contributed by atoms with Crippen LogP contribution in [0.1, 0.15) is 10.4 Å². The van der Waals surface area contributed by atoms with Crippen LogP contribution in [0, 0.1) is 0 Å². The first-order valence-corrected chi connectivity index (χ1v) is 3.79. The summed E-state index contributed by atoms with van der Waals surface area (Å²) in [5.74, 6) is 0. The highest BCUT2D eigenvalue weighted by Crippen LogP contribution is 2.11. The summed E-state index contributed by atoms with van der Waals surface area (Å²) in [5, 5.41) is 0.754. The van der Waals surface area contributed by atoms with Crippen molar-refractivity contribution in [2.24, 2.45) is 0 Å². The molecule has 0 aliphatic rings. The quantitative estimate of drug-likeness (QED) is 0.487. The first kappa shape index (κ1) is 7.73. The maximum Gasteiger partial charge on any atom is 0.346 e. The molecule has 0 bridgehead atoms. The number of aldehydes is 1. The molecule has 0 radical (unpaired) electrons. The van der Waals surface area contributed by atoms with Crippen molar-refractivity contribution in [3.8, 4) is 0 Å². The van der Waals surface area contributed by atoms with Crippen LogP contribution in [0.5, 0.6) is 0 Å². The second kappa shape index (κ2) is 2.86. The van der Waals surface area contributed by atoms with Crippen LogP contribution in [-0.4, -0.2) is 6.29 Å². The van der Waals surface area contributed by atoms with Crippen molar-refractivity contribution in [3.63, 3.8) is 0 Å². The zero-order chi connectivity index (χ0) is 9.26. The Labute approximate surface area is 73.6 Å². The van der Waals surface area contributed by atoms with Crippen LogP contribution in [0.3, 0.4) is 0 Å². The lowest BCUT2D eigenvalue weighted by Crippen LogP contribution is -2.05. The SMILES string of the molecule is O=Cc1cc2ccccc2oc1=O. The van der Waals surface area contributed by atoms with Gasteiger partial charge in [0.05, 0.1) is 0 Å². The summed E-state index contributed by atoms with van der Waals surface area (Å²) in [6.45, 7) is 0. The van der Waals surface area contributed by atoms with Crippen LogP contribution < -0.4 is 5.63 Å². The average Bonchev–Trinajstić information content (AvgIpc) is 2.17. The minimum absolute atomic E-state index is 0.0544. The van der Waals surface area contributed by atoms with Gasteiger partial charge in [-0.15, -0.1) is 0 Å². The number of rotatable bonds is 1. The molecule has 1 aromatic heterocycles. The van der Waals surface area contributed by atoms with Crippen molar-refractivity contribution >= 4 is 17.3 Å². The second-order valence-corrected chi connectivity index (χ2v) is 2.64. The Morgan fingerprint density at radius 3 is 2.77 bits per heavy atom. The molecule has 64 valence electrons. The Hall–Kier alpha value is -1.90. The largest absolute Gasteiger partial charge is 0.422 e. The van der Waals surface area contributed by atoms with E-state index in [0.717, 1.165) is 5.39 Å². The van der Waals surface area contributed by atoms with Crippen LogP contribution in [0.4, 0.5) is 0 Å². The third-order valence-electron chi connectivity index (χ3n) is 1.80. The fourth-order valence-corrected chi connectivity index (χ4v) is 1.16. The van der Waals surface area contributed by atoms with Crippen LogP contribution in [-0.2, 0) is 0 Å². The molecule has 0 unspecified atom stereocenters. The number of hydrogen-bond donors (Lipinski definition) is 0. The molecule has 0 N–H and O–H groups in total. The van der Waals surface area contributed by atoms with E-state index >= 15 is 0 Å². The van der Waals surface area contributed by atoms with E-state index in [1.165, 1.54) is 6.07 Å². The van der Waals surface area contributed by atoms with Crippen LogP contribution in [0.15, 0.2) is 39.5 Å². The number of carbonyl (C=O) groups is 1. The van der Waals surface area contributed by atoms with Crippen molar-refractivity contribution in [1.82, 2.24) is 0 Å². The summed E-state index contributed by atoms with van der Waals surface area (Å²) >= 11 is 0. The molecule has 1 heterocycles. The summed E-state index contributed by atoms with van der Waals surface area (Å²) in [5.41, 5.74) is -0.0366. The van der Waals surface area contributed by atoms with Crippen LogP contribution in [0.25, 0.3) is 11.0 Å². The third-order valence-corrected chi connectivity index (χ3v) is 1.80. The van der Waals surface area contributed by atoms with Gasteiger partial charge in [-0.3, -0.25) is 4.79 Å². The van der Waals surface area contributed by atoms with Crippen LogP contribution >= 0.6 is 0 Å². The van der Waals surface area contributed by atoms with Gasteiger partial charge in [0, 0.05) is 5.39 Å². The molecule has 3 nitrogen and oxygen atoms in total. The van der Waals surface area contributed by atoms with Crippen molar-refractivity contribution in [2.75, 3.05) is 0 Å². The van der Waals surface area contributed by atoms with Crippen molar-refractivity contribution < 1.29 is 9.21 Å². The van der Waals surface area contributed by atoms with E-state index in [2.05, 4.69) is 0 Å². The summed E-state index contributed by atoms with van der Waals surface area (Å²) in [6, 6.07) is 8.58. The van der Waals surface area contributed by atoms with E-state index in [4.69, 9.17) is 4.42 Å². The highest BCUT2D eigenvalue weighted by atomic mass is 16.4. The second-order valence-electron chi connectivity index (χ2n) is 2.64. The molecule has 0 aliphatic carbocycles. The van der Waals surface area contributed by atoms with E-state index in [9.17, 15) is 9.59 Å². The highest BCUT2D eigenvalue weighted by molar-refractivity contribution is 5.83. The summed E-state index contributed by atoms with van der Waals surface area (Å²) in [7, 11) is 0. The molecule has 2 aromatic rings. The van der Waals surface area contributed by atoms with E-state index in [0.29, 0.717) is 11.9 Å². The van der Waals surface area contributed by atoms with Gasteiger partial charge >= 0.3 is 5.63 Å². The molecular formula is C10H6O3. The molecule has 13 heavy (non-hydrogen) atoms. The number of hydrogen-bond acceptors (Lipinski definition) is 3. The lowest BCUT2D eigenvalue weighted by Gasteiger charge is -1.94. The molecule has 0 amide bonds. The normalized spacial score (nSPS) is 10.2. The van der Waals surface area contributed by atoms with E-state index in [1.54, 1.807) is 18.2 Å². The smallest absolute Gasteiger partial charge is 0.346 e. The Bertz CT molecular complexity index is 511. The van der Waals surface area contributed by atoms with Gasteiger partial charge in [0.15, 0.2) is 6.29 Å². The minimum Gasteiger partial charge on any atom is -0.422 e. The molecule has 0 fully saturated rings. The molecule has 2 rings (SSSR count). The molecule has 1 aromatic carbocycles. The maximum atomic E-state index is 11.1. The van der Waals surface area contributed by atoms with Crippen molar-refractivity contribution in [1.29, 1.82) is 0 Å². The third kappa shape index (κ3) is 1.24. The summed E-state index contributed by atoms with van der Waals surface area (Å²) in [4.78, 5) is 21.5. The molecule has 3 heteroatoms. The lowest BCUT2D eigenvalue weighted by molar-refractivity contribution is 0.112. The highest BCUT2D eigenvalue weighted by Gasteiger charge is 2.02. The Kier molecular flexibility index (Phi) is 1.70. The maximum absolute atomic E-state index is 11.1. The predicted molar refractivity (Wildman–Crippen MR) is 47.9 cm³/mol. The lowest BCUT2D eigenvalue weighted by atomic mass is 10.2. The van der Waals surface area contributed by atoms with Gasteiger partial charge < -0.3 is 4.42 Å². The van der Waals surface area contributed by atoms with E-state index in [1.807, 2.05) is 6.07 Å². The van der Waals surface area contributed by atoms with Crippen molar-refractivity contribution in [3.05, 3.63) is 46.3 Å². The summed E-state index contributed by atoms with van der Waals surface area (Å²) < 4.78 is 4.90. The predicted octanol–water partition coefficient (Wildman–Crippen LogP) is 1.61. The Balaban J connectivity index is 2.89. The first-order valence-electron chi connectivity index (χ1n) is 3.79. The molecule has 0 saturated carbocycles. The van der Waals surface area contributed by atoms with Gasteiger partial charge in [0.25, 0.3) is 0 Å². The van der Waals surface area contributed by atoms with E-state index in [-0.39, 0.29) is 5.56 Å². The molecule has 0 atom stereocenters. The zero-order valence-corrected chi connectivity index (χ0v) is 6.69. The fourth-order valence-electron chi connectivity index (χ4n) is 1.16. The number of carbonyl (C=O) groups excluding carboxylic acids is 1. The topological polar surface area (TPSA) is 47.3 Å². The van der Waals surface area contributed by atoms with Gasteiger partial charge in [0.1, 0.15) is 11.1 Å². The molecule has 0 aliphatic heterocycles. The summed E-state index contributed by atoms with van der Waals surface area (Å²) in [6.07, 6.45) is 0.498. The van der Waals surface area contributed by atoms with Gasteiger partial charge in [0.2, 0.25) is 0 Å². The van der Waals surface area contributed by atoms with Gasteiger partial charge in [-0.2, -0.15) is 0 Å². The molecular weight excluding hydrogens is 168 g/mol.